The Morgan fingerprint density at radius 2 is 2.33 bits per heavy atom. The molecule has 0 aliphatic rings. The molecule has 0 amide bonds. The topological polar surface area (TPSA) is 93.7 Å². The van der Waals surface area contributed by atoms with Crippen molar-refractivity contribution in [1.29, 1.82) is 0 Å². The second kappa shape index (κ2) is 3.82. The Hall–Kier alpha value is -2.31. The molecule has 0 atom stereocenters. The molecule has 0 spiro atoms. The zero-order valence-corrected chi connectivity index (χ0v) is 7.84. The molecule has 0 unspecified atom stereocenters. The average molecular weight is 205 g/mol. The normalized spacial score (nSPS) is 9.93. The first kappa shape index (κ1) is 9.25. The number of esters is 1. The van der Waals surface area contributed by atoms with E-state index in [0.29, 0.717) is 11.4 Å². The van der Waals surface area contributed by atoms with Crippen LogP contribution < -0.4 is 0 Å². The SMILES string of the molecule is COC(=O)c1n[nH]nc1-c1ccncn1. The van der Waals surface area contributed by atoms with Crippen molar-refractivity contribution in [2.75, 3.05) is 7.11 Å². The standard InChI is InChI=1S/C8H7N5O2/c1-15-8(14)7-6(11-13-12-7)5-2-3-9-4-10-5/h2-4H,1H3,(H,11,12,13). The highest BCUT2D eigenvalue weighted by molar-refractivity contribution is 5.93. The number of nitrogens with zero attached hydrogens (tertiary/aromatic N) is 4. The molecular formula is C8H7N5O2. The summed E-state index contributed by atoms with van der Waals surface area (Å²) in [6, 6.07) is 1.63. The molecule has 2 aromatic heterocycles. The number of rotatable bonds is 2. The molecule has 76 valence electrons. The lowest BCUT2D eigenvalue weighted by atomic mass is 10.2. The van der Waals surface area contributed by atoms with Gasteiger partial charge in [-0.05, 0) is 6.07 Å². The predicted molar refractivity (Wildman–Crippen MR) is 48.7 cm³/mol. The highest BCUT2D eigenvalue weighted by Gasteiger charge is 2.18. The molecule has 2 heterocycles. The Bertz CT molecular complexity index is 467. The van der Waals surface area contributed by atoms with Crippen molar-refractivity contribution < 1.29 is 9.53 Å². The Morgan fingerprint density at radius 3 is 3.00 bits per heavy atom. The molecule has 0 radical (unpaired) electrons. The van der Waals surface area contributed by atoms with E-state index in [4.69, 9.17) is 0 Å². The van der Waals surface area contributed by atoms with Crippen LogP contribution in [0.25, 0.3) is 11.4 Å². The fourth-order valence-corrected chi connectivity index (χ4v) is 1.08. The number of hydrogen-bond donors (Lipinski definition) is 1. The maximum absolute atomic E-state index is 11.3. The second-order valence-corrected chi connectivity index (χ2v) is 2.61. The van der Waals surface area contributed by atoms with Crippen LogP contribution in [-0.4, -0.2) is 38.5 Å². The summed E-state index contributed by atoms with van der Waals surface area (Å²) >= 11 is 0. The molecule has 2 rings (SSSR count). The number of hydrogen-bond acceptors (Lipinski definition) is 6. The molecule has 0 saturated heterocycles. The Kier molecular flexibility index (Phi) is 2.36. The lowest BCUT2D eigenvalue weighted by Crippen LogP contribution is -2.04. The van der Waals surface area contributed by atoms with Crippen LogP contribution in [0.3, 0.4) is 0 Å². The quantitative estimate of drug-likeness (QED) is 0.696. The van der Waals surface area contributed by atoms with Gasteiger partial charge in [0.1, 0.15) is 12.0 Å². The van der Waals surface area contributed by atoms with E-state index < -0.39 is 5.97 Å². The zero-order chi connectivity index (χ0) is 10.7. The number of carbonyl (C=O) groups is 1. The molecule has 0 fully saturated rings. The number of methoxy groups -OCH3 is 1. The smallest absolute Gasteiger partial charge is 0.360 e. The van der Waals surface area contributed by atoms with Crippen LogP contribution in [-0.2, 0) is 4.74 Å². The van der Waals surface area contributed by atoms with Crippen LogP contribution >= 0.6 is 0 Å². The van der Waals surface area contributed by atoms with Gasteiger partial charge in [-0.25, -0.2) is 14.8 Å². The Labute approximate surface area is 84.5 Å². The number of aromatic nitrogens is 5. The zero-order valence-electron chi connectivity index (χ0n) is 7.84. The monoisotopic (exact) mass is 205 g/mol. The van der Waals surface area contributed by atoms with Gasteiger partial charge in [0.25, 0.3) is 0 Å². The fraction of sp³-hybridized carbons (Fsp3) is 0.125. The third kappa shape index (κ3) is 1.66. The van der Waals surface area contributed by atoms with Crippen molar-refractivity contribution in [2.24, 2.45) is 0 Å². The molecular weight excluding hydrogens is 198 g/mol. The lowest BCUT2D eigenvalue weighted by molar-refractivity contribution is 0.0595. The molecule has 0 aliphatic carbocycles. The summed E-state index contributed by atoms with van der Waals surface area (Å²) < 4.78 is 4.55. The third-order valence-electron chi connectivity index (χ3n) is 1.75. The van der Waals surface area contributed by atoms with Gasteiger partial charge in [-0.15, -0.1) is 5.10 Å². The lowest BCUT2D eigenvalue weighted by Gasteiger charge is -1.97. The molecule has 7 heteroatoms. The number of nitrogens with one attached hydrogen (secondary N) is 1. The first-order valence-electron chi connectivity index (χ1n) is 4.08. The molecule has 0 saturated carbocycles. The van der Waals surface area contributed by atoms with E-state index in [0.717, 1.165) is 0 Å². The van der Waals surface area contributed by atoms with Gasteiger partial charge in [0.05, 0.1) is 12.8 Å². The molecule has 15 heavy (non-hydrogen) atoms. The molecule has 7 nitrogen and oxygen atoms in total. The fourth-order valence-electron chi connectivity index (χ4n) is 1.08. The van der Waals surface area contributed by atoms with E-state index in [1.165, 1.54) is 13.4 Å². The summed E-state index contributed by atoms with van der Waals surface area (Å²) in [5.41, 5.74) is 0.972. The van der Waals surface area contributed by atoms with Crippen molar-refractivity contribution in [3.8, 4) is 11.4 Å². The number of aromatic amines is 1. The largest absolute Gasteiger partial charge is 0.464 e. The van der Waals surface area contributed by atoms with Gasteiger partial charge in [0.2, 0.25) is 0 Å². The van der Waals surface area contributed by atoms with Gasteiger partial charge in [-0.1, -0.05) is 0 Å². The van der Waals surface area contributed by atoms with Crippen LogP contribution in [0.5, 0.6) is 0 Å². The van der Waals surface area contributed by atoms with Crippen LogP contribution in [0.1, 0.15) is 10.5 Å². The first-order valence-corrected chi connectivity index (χ1v) is 4.08. The number of H-pyrrole nitrogens is 1. The summed E-state index contributed by atoms with van der Waals surface area (Å²) in [6.07, 6.45) is 2.92. The molecule has 2 aromatic rings. The van der Waals surface area contributed by atoms with Gasteiger partial charge in [0, 0.05) is 6.20 Å². The highest BCUT2D eigenvalue weighted by atomic mass is 16.5. The minimum atomic E-state index is -0.558. The van der Waals surface area contributed by atoms with E-state index >= 15 is 0 Å². The van der Waals surface area contributed by atoms with Gasteiger partial charge < -0.3 is 4.74 Å². The maximum Gasteiger partial charge on any atom is 0.360 e. The van der Waals surface area contributed by atoms with Crippen LogP contribution in [0.2, 0.25) is 0 Å². The molecule has 0 aromatic carbocycles. The molecule has 1 N–H and O–H groups in total. The van der Waals surface area contributed by atoms with Gasteiger partial charge in [-0.3, -0.25) is 0 Å². The van der Waals surface area contributed by atoms with E-state index in [2.05, 4.69) is 30.1 Å². The van der Waals surface area contributed by atoms with Crippen molar-refractivity contribution in [2.45, 2.75) is 0 Å². The van der Waals surface area contributed by atoms with E-state index in [9.17, 15) is 4.79 Å². The van der Waals surface area contributed by atoms with Crippen molar-refractivity contribution in [1.82, 2.24) is 25.4 Å². The second-order valence-electron chi connectivity index (χ2n) is 2.61. The summed E-state index contributed by atoms with van der Waals surface area (Å²) in [7, 11) is 1.28. The van der Waals surface area contributed by atoms with Crippen molar-refractivity contribution in [3.63, 3.8) is 0 Å². The summed E-state index contributed by atoms with van der Waals surface area (Å²) in [6.45, 7) is 0. The van der Waals surface area contributed by atoms with Crippen molar-refractivity contribution >= 4 is 5.97 Å². The van der Waals surface area contributed by atoms with E-state index in [1.54, 1.807) is 12.3 Å². The van der Waals surface area contributed by atoms with E-state index in [1.807, 2.05) is 0 Å². The highest BCUT2D eigenvalue weighted by Crippen LogP contribution is 2.16. The first-order chi connectivity index (χ1) is 7.33. The van der Waals surface area contributed by atoms with Crippen LogP contribution in [0.15, 0.2) is 18.6 Å². The molecule has 0 aliphatic heterocycles. The minimum absolute atomic E-state index is 0.108. The minimum Gasteiger partial charge on any atom is -0.464 e. The maximum atomic E-state index is 11.3. The Morgan fingerprint density at radius 1 is 1.47 bits per heavy atom. The van der Waals surface area contributed by atoms with Crippen LogP contribution in [0.4, 0.5) is 0 Å². The average Bonchev–Trinajstić information content (AvgIpc) is 2.78. The van der Waals surface area contributed by atoms with Gasteiger partial charge in [0.15, 0.2) is 5.69 Å². The van der Waals surface area contributed by atoms with Gasteiger partial charge in [-0.2, -0.15) is 10.3 Å². The Balaban J connectivity index is 2.46. The summed E-state index contributed by atoms with van der Waals surface area (Å²) in [4.78, 5) is 19.0. The summed E-state index contributed by atoms with van der Waals surface area (Å²) in [5, 5.41) is 9.87. The van der Waals surface area contributed by atoms with E-state index in [-0.39, 0.29) is 5.69 Å². The van der Waals surface area contributed by atoms with Crippen LogP contribution in [0, 0.1) is 0 Å². The third-order valence-corrected chi connectivity index (χ3v) is 1.75. The molecule has 0 bridgehead atoms. The number of ether oxygens (including phenoxy) is 1. The van der Waals surface area contributed by atoms with Gasteiger partial charge >= 0.3 is 5.97 Å². The summed E-state index contributed by atoms with van der Waals surface area (Å²) in [5.74, 6) is -0.558. The van der Waals surface area contributed by atoms with Crippen molar-refractivity contribution in [3.05, 3.63) is 24.3 Å². The predicted octanol–water partition coefficient (Wildman–Crippen LogP) is 0.0483. The number of carbonyl (C=O) groups excluding carboxylic acids is 1.